The molecule has 0 atom stereocenters. The van der Waals surface area contributed by atoms with Gasteiger partial charge >= 0.3 is 11.9 Å². The Bertz CT molecular complexity index is 756. The molecular formula is C14H7ClO6. The Morgan fingerprint density at radius 2 is 1.62 bits per heavy atom. The molecule has 0 spiro atoms. The zero-order chi connectivity index (χ0) is 15.7. The van der Waals surface area contributed by atoms with Crippen molar-refractivity contribution in [3.8, 4) is 0 Å². The van der Waals surface area contributed by atoms with Crippen molar-refractivity contribution < 1.29 is 29.4 Å². The fourth-order valence-corrected chi connectivity index (χ4v) is 2.16. The second-order valence-corrected chi connectivity index (χ2v) is 4.50. The van der Waals surface area contributed by atoms with E-state index >= 15 is 0 Å². The first-order valence-electron chi connectivity index (χ1n) is 5.61. The average Bonchev–Trinajstić information content (AvgIpc) is 2.40. The first-order valence-corrected chi connectivity index (χ1v) is 5.99. The van der Waals surface area contributed by atoms with E-state index in [9.17, 15) is 19.2 Å². The molecule has 1 aliphatic rings. The molecule has 1 aromatic carbocycles. The van der Waals surface area contributed by atoms with Gasteiger partial charge in [-0.25, -0.2) is 9.59 Å². The van der Waals surface area contributed by atoms with Gasteiger partial charge in [0.1, 0.15) is 11.1 Å². The minimum absolute atomic E-state index is 0.00164. The highest BCUT2D eigenvalue weighted by molar-refractivity contribution is 6.50. The number of allylic oxidation sites excluding steroid dienone is 2. The van der Waals surface area contributed by atoms with Gasteiger partial charge in [-0.2, -0.15) is 0 Å². The van der Waals surface area contributed by atoms with Crippen LogP contribution in [0.1, 0.15) is 5.56 Å². The summed E-state index contributed by atoms with van der Waals surface area (Å²) in [6, 6.07) is 5.79. The highest BCUT2D eigenvalue weighted by atomic mass is 35.5. The Labute approximate surface area is 123 Å². The third-order valence-electron chi connectivity index (χ3n) is 2.83. The first-order chi connectivity index (χ1) is 9.84. The molecular weight excluding hydrogens is 300 g/mol. The zero-order valence-corrected chi connectivity index (χ0v) is 11.0. The SMILES string of the molecule is O=C(O)C1=CC(=O)C(C(=O)O)=C(c2ccccc2Cl)C1=O. The van der Waals surface area contributed by atoms with Gasteiger partial charge in [-0.05, 0) is 6.07 Å². The second kappa shape index (κ2) is 5.34. The summed E-state index contributed by atoms with van der Waals surface area (Å²) in [7, 11) is 0. The summed E-state index contributed by atoms with van der Waals surface area (Å²) in [5, 5.41) is 18.1. The fraction of sp³-hybridized carbons (Fsp3) is 0. The van der Waals surface area contributed by atoms with Gasteiger partial charge in [0.25, 0.3) is 0 Å². The molecule has 0 unspecified atom stereocenters. The Kier molecular flexibility index (Phi) is 3.73. The number of aliphatic carboxylic acids is 2. The molecule has 7 heteroatoms. The summed E-state index contributed by atoms with van der Waals surface area (Å²) >= 11 is 5.91. The monoisotopic (exact) mass is 306 g/mol. The van der Waals surface area contributed by atoms with Gasteiger partial charge in [0.15, 0.2) is 5.78 Å². The molecule has 0 fully saturated rings. The highest BCUT2D eigenvalue weighted by Gasteiger charge is 2.36. The Morgan fingerprint density at radius 1 is 1.00 bits per heavy atom. The number of ketones is 2. The number of carboxylic acid groups (broad SMARTS) is 2. The number of hydrogen-bond donors (Lipinski definition) is 2. The lowest BCUT2D eigenvalue weighted by Gasteiger charge is -2.16. The smallest absolute Gasteiger partial charge is 0.340 e. The number of benzene rings is 1. The van der Waals surface area contributed by atoms with E-state index < -0.39 is 40.2 Å². The molecule has 0 saturated carbocycles. The fourth-order valence-electron chi connectivity index (χ4n) is 1.93. The van der Waals surface area contributed by atoms with Crippen LogP contribution in [0.2, 0.25) is 5.02 Å². The lowest BCUT2D eigenvalue weighted by atomic mass is 9.85. The lowest BCUT2D eigenvalue weighted by molar-refractivity contribution is -0.136. The van der Waals surface area contributed by atoms with Crippen molar-refractivity contribution in [1.82, 2.24) is 0 Å². The van der Waals surface area contributed by atoms with E-state index in [0.29, 0.717) is 6.08 Å². The van der Waals surface area contributed by atoms with Crippen LogP contribution in [0.25, 0.3) is 5.57 Å². The van der Waals surface area contributed by atoms with Gasteiger partial charge in [-0.3, -0.25) is 9.59 Å². The van der Waals surface area contributed by atoms with Crippen LogP contribution in [-0.4, -0.2) is 33.7 Å². The van der Waals surface area contributed by atoms with Crippen molar-refractivity contribution in [3.63, 3.8) is 0 Å². The van der Waals surface area contributed by atoms with Gasteiger partial charge < -0.3 is 10.2 Å². The van der Waals surface area contributed by atoms with Crippen LogP contribution in [0.4, 0.5) is 0 Å². The standard InChI is InChI=1S/C14H7ClO6/c15-8-4-2-1-3-6(8)10-11(14(20)21)9(16)5-7(12(10)17)13(18)19/h1-5H,(H,18,19)(H,20,21). The van der Waals surface area contributed by atoms with Crippen LogP contribution < -0.4 is 0 Å². The Hall–Kier alpha value is -2.73. The van der Waals surface area contributed by atoms with Gasteiger partial charge in [0.05, 0.1) is 5.57 Å². The molecule has 0 radical (unpaired) electrons. The molecule has 1 aromatic rings. The van der Waals surface area contributed by atoms with Crippen LogP contribution in [0.3, 0.4) is 0 Å². The van der Waals surface area contributed by atoms with E-state index in [1.165, 1.54) is 18.2 Å². The molecule has 2 rings (SSSR count). The highest BCUT2D eigenvalue weighted by Crippen LogP contribution is 2.32. The normalized spacial score (nSPS) is 15.0. The Balaban J connectivity index is 2.78. The lowest BCUT2D eigenvalue weighted by Crippen LogP contribution is -2.26. The molecule has 2 N–H and O–H groups in total. The molecule has 0 amide bonds. The number of carbonyl (C=O) groups excluding carboxylic acids is 2. The molecule has 0 heterocycles. The maximum Gasteiger partial charge on any atom is 0.340 e. The maximum absolute atomic E-state index is 12.2. The summed E-state index contributed by atoms with van der Waals surface area (Å²) in [6.45, 7) is 0. The van der Waals surface area contributed by atoms with Crippen molar-refractivity contribution in [2.75, 3.05) is 0 Å². The van der Waals surface area contributed by atoms with Gasteiger partial charge in [0, 0.05) is 16.7 Å². The van der Waals surface area contributed by atoms with Crippen molar-refractivity contribution in [3.05, 3.63) is 52.1 Å². The van der Waals surface area contributed by atoms with E-state index in [1.807, 2.05) is 0 Å². The van der Waals surface area contributed by atoms with Gasteiger partial charge in [-0.1, -0.05) is 29.8 Å². The third kappa shape index (κ3) is 2.48. The minimum Gasteiger partial charge on any atom is -0.478 e. The van der Waals surface area contributed by atoms with E-state index in [1.54, 1.807) is 6.07 Å². The number of carboxylic acids is 2. The van der Waals surface area contributed by atoms with Crippen LogP contribution in [0.15, 0.2) is 41.5 Å². The maximum atomic E-state index is 12.2. The zero-order valence-electron chi connectivity index (χ0n) is 10.3. The summed E-state index contributed by atoms with van der Waals surface area (Å²) in [5.74, 6) is -5.35. The van der Waals surface area contributed by atoms with Crippen LogP contribution in [0.5, 0.6) is 0 Å². The number of rotatable bonds is 3. The van der Waals surface area contributed by atoms with Crippen molar-refractivity contribution in [2.45, 2.75) is 0 Å². The van der Waals surface area contributed by atoms with Crippen LogP contribution >= 0.6 is 11.6 Å². The molecule has 0 saturated heterocycles. The van der Waals surface area contributed by atoms with E-state index in [4.69, 9.17) is 21.8 Å². The number of hydrogen-bond acceptors (Lipinski definition) is 4. The van der Waals surface area contributed by atoms with Gasteiger partial charge in [0.2, 0.25) is 5.78 Å². The second-order valence-electron chi connectivity index (χ2n) is 4.09. The third-order valence-corrected chi connectivity index (χ3v) is 3.16. The van der Waals surface area contributed by atoms with E-state index in [0.717, 1.165) is 0 Å². The number of Topliss-reactive ketones (excluding diaryl/α,β-unsaturated/α-hetero) is 1. The first kappa shape index (κ1) is 14.7. The van der Waals surface area contributed by atoms with Crippen LogP contribution in [-0.2, 0) is 19.2 Å². The molecule has 21 heavy (non-hydrogen) atoms. The molecule has 1 aliphatic carbocycles. The van der Waals surface area contributed by atoms with E-state index in [-0.39, 0.29) is 10.6 Å². The average molecular weight is 307 g/mol. The topological polar surface area (TPSA) is 109 Å². The largest absolute Gasteiger partial charge is 0.478 e. The molecule has 0 bridgehead atoms. The molecule has 106 valence electrons. The van der Waals surface area contributed by atoms with Crippen LogP contribution in [0, 0.1) is 0 Å². The van der Waals surface area contributed by atoms with Gasteiger partial charge in [-0.15, -0.1) is 0 Å². The van der Waals surface area contributed by atoms with Crippen molar-refractivity contribution >= 4 is 40.7 Å². The Morgan fingerprint density at radius 3 is 2.14 bits per heavy atom. The molecule has 0 aliphatic heterocycles. The quantitative estimate of drug-likeness (QED) is 0.644. The number of halogens is 1. The predicted octanol–water partition coefficient (Wildman–Crippen LogP) is 1.34. The molecule has 6 nitrogen and oxygen atoms in total. The van der Waals surface area contributed by atoms with Crippen molar-refractivity contribution in [2.24, 2.45) is 0 Å². The predicted molar refractivity (Wildman–Crippen MR) is 71.7 cm³/mol. The molecule has 0 aromatic heterocycles. The summed E-state index contributed by atoms with van der Waals surface area (Å²) in [6.07, 6.45) is 0.508. The summed E-state index contributed by atoms with van der Waals surface area (Å²) in [5.41, 5.74) is -2.10. The van der Waals surface area contributed by atoms with Crippen molar-refractivity contribution in [1.29, 1.82) is 0 Å². The van der Waals surface area contributed by atoms with E-state index in [2.05, 4.69) is 0 Å². The summed E-state index contributed by atoms with van der Waals surface area (Å²) < 4.78 is 0. The number of carbonyl (C=O) groups is 4. The minimum atomic E-state index is -1.62. The summed E-state index contributed by atoms with van der Waals surface area (Å²) in [4.78, 5) is 46.3.